The van der Waals surface area contributed by atoms with E-state index in [0.717, 1.165) is 17.0 Å². The maximum Gasteiger partial charge on any atom is 0.118 e. The van der Waals surface area contributed by atoms with Crippen LogP contribution in [0.2, 0.25) is 0 Å². The number of aromatic nitrogens is 1. The van der Waals surface area contributed by atoms with E-state index in [-0.39, 0.29) is 0 Å². The summed E-state index contributed by atoms with van der Waals surface area (Å²) >= 11 is 0. The summed E-state index contributed by atoms with van der Waals surface area (Å²) < 4.78 is 7.79. The van der Waals surface area contributed by atoms with E-state index in [1.54, 1.807) is 7.11 Å². The summed E-state index contributed by atoms with van der Waals surface area (Å²) in [6, 6.07) is 43.0. The normalized spacial score (nSPS) is 11.2. The second-order valence-electron chi connectivity index (χ2n) is 8.23. The van der Waals surface area contributed by atoms with Gasteiger partial charge in [-0.05, 0) is 70.6 Å². The van der Waals surface area contributed by atoms with Gasteiger partial charge in [0.25, 0.3) is 0 Å². The molecule has 1 aromatic heterocycles. The summed E-state index contributed by atoms with van der Waals surface area (Å²) in [6.07, 6.45) is 0. The zero-order chi connectivity index (χ0) is 22.2. The Labute approximate surface area is 193 Å². The summed E-state index contributed by atoms with van der Waals surface area (Å²) in [7, 11) is 1.70. The van der Waals surface area contributed by atoms with E-state index in [0.29, 0.717) is 0 Å². The molecule has 6 aromatic rings. The summed E-state index contributed by atoms with van der Waals surface area (Å²) in [6.45, 7) is 0. The highest BCUT2D eigenvalue weighted by atomic mass is 16.5. The summed E-state index contributed by atoms with van der Waals surface area (Å²) in [4.78, 5) is 0. The molecule has 6 rings (SSSR count). The Kier molecular flexibility index (Phi) is 4.70. The first-order valence-electron chi connectivity index (χ1n) is 11.2. The second-order valence-corrected chi connectivity index (χ2v) is 8.23. The van der Waals surface area contributed by atoms with Gasteiger partial charge in [0.2, 0.25) is 0 Å². The molecule has 158 valence electrons. The number of hydrogen-bond acceptors (Lipinski definition) is 1. The van der Waals surface area contributed by atoms with Crippen LogP contribution >= 0.6 is 0 Å². The van der Waals surface area contributed by atoms with Crippen LogP contribution in [0, 0.1) is 0 Å². The molecule has 0 amide bonds. The third-order valence-electron chi connectivity index (χ3n) is 6.28. The minimum atomic E-state index is 0.859. The van der Waals surface area contributed by atoms with Crippen LogP contribution in [-0.2, 0) is 0 Å². The first kappa shape index (κ1) is 19.4. The van der Waals surface area contributed by atoms with Gasteiger partial charge in [0.05, 0.1) is 24.0 Å². The standard InChI is InChI=1S/C31H23NO/c1-33-27-17-15-23(16-18-27)30-20-25-12-6-8-14-29(25)32(30)31-21-26(22-9-3-2-4-10-22)19-24-11-5-7-13-28(24)31/h2-21H,1H3/i30+1. The molecule has 0 bridgehead atoms. The predicted molar refractivity (Wildman–Crippen MR) is 138 cm³/mol. The maximum atomic E-state index is 5.39. The Morgan fingerprint density at radius 3 is 2.03 bits per heavy atom. The largest absolute Gasteiger partial charge is 0.497 e. The number of para-hydroxylation sites is 1. The fourth-order valence-corrected chi connectivity index (χ4v) is 4.66. The van der Waals surface area contributed by atoms with Crippen molar-refractivity contribution >= 4 is 21.7 Å². The van der Waals surface area contributed by atoms with Gasteiger partial charge < -0.3 is 9.30 Å². The molecule has 0 atom stereocenters. The Morgan fingerprint density at radius 1 is 0.545 bits per heavy atom. The monoisotopic (exact) mass is 426 g/mol. The number of rotatable bonds is 4. The highest BCUT2D eigenvalue weighted by Gasteiger charge is 2.16. The van der Waals surface area contributed by atoms with Gasteiger partial charge in [-0.1, -0.05) is 72.8 Å². The van der Waals surface area contributed by atoms with Crippen molar-refractivity contribution in [3.05, 3.63) is 121 Å². The van der Waals surface area contributed by atoms with Gasteiger partial charge in [-0.3, -0.25) is 0 Å². The minimum absolute atomic E-state index is 0.859. The van der Waals surface area contributed by atoms with Crippen molar-refractivity contribution in [2.45, 2.75) is 0 Å². The van der Waals surface area contributed by atoms with Gasteiger partial charge in [-0.25, -0.2) is 0 Å². The predicted octanol–water partition coefficient (Wildman–Crippen LogP) is 8.13. The molecule has 0 aliphatic rings. The molecular weight excluding hydrogens is 403 g/mol. The van der Waals surface area contributed by atoms with Gasteiger partial charge in [0.1, 0.15) is 5.75 Å². The van der Waals surface area contributed by atoms with E-state index in [4.69, 9.17) is 4.74 Å². The van der Waals surface area contributed by atoms with Crippen LogP contribution in [0.15, 0.2) is 121 Å². The van der Waals surface area contributed by atoms with Gasteiger partial charge in [0, 0.05) is 10.8 Å². The van der Waals surface area contributed by atoms with Crippen molar-refractivity contribution < 1.29 is 4.74 Å². The number of methoxy groups -OCH3 is 1. The number of nitrogens with zero attached hydrogens (tertiary/aromatic N) is 1. The molecule has 0 saturated heterocycles. The molecule has 5 aromatic carbocycles. The second kappa shape index (κ2) is 7.99. The molecule has 2 heteroatoms. The fourth-order valence-electron chi connectivity index (χ4n) is 4.66. The van der Waals surface area contributed by atoms with Crippen molar-refractivity contribution in [3.63, 3.8) is 0 Å². The molecular formula is C31H23NO. The molecule has 0 saturated carbocycles. The molecule has 0 aliphatic heterocycles. The topological polar surface area (TPSA) is 14.2 Å². The van der Waals surface area contributed by atoms with Gasteiger partial charge in [0.15, 0.2) is 0 Å². The van der Waals surface area contributed by atoms with E-state index in [1.807, 2.05) is 12.1 Å². The molecule has 33 heavy (non-hydrogen) atoms. The van der Waals surface area contributed by atoms with Crippen LogP contribution in [-0.4, -0.2) is 11.7 Å². The number of benzene rings is 5. The Balaban J connectivity index is 1.69. The van der Waals surface area contributed by atoms with Crippen LogP contribution in [0.25, 0.3) is 49.7 Å². The van der Waals surface area contributed by atoms with E-state index in [9.17, 15) is 0 Å². The summed E-state index contributed by atoms with van der Waals surface area (Å²) in [5.41, 5.74) is 7.11. The van der Waals surface area contributed by atoms with E-state index in [2.05, 4.69) is 114 Å². The van der Waals surface area contributed by atoms with Crippen molar-refractivity contribution in [2.75, 3.05) is 7.11 Å². The van der Waals surface area contributed by atoms with Crippen LogP contribution in [0.5, 0.6) is 5.75 Å². The lowest BCUT2D eigenvalue weighted by Crippen LogP contribution is -1.99. The fraction of sp³-hybridized carbons (Fsp3) is 0.0323. The molecule has 1 heterocycles. The van der Waals surface area contributed by atoms with Crippen molar-refractivity contribution in [1.29, 1.82) is 0 Å². The van der Waals surface area contributed by atoms with Crippen LogP contribution in [0.1, 0.15) is 0 Å². The zero-order valence-corrected chi connectivity index (χ0v) is 18.4. The Hall–Kier alpha value is -4.30. The highest BCUT2D eigenvalue weighted by molar-refractivity contribution is 5.98. The van der Waals surface area contributed by atoms with Crippen LogP contribution in [0.3, 0.4) is 0 Å². The molecule has 0 N–H and O–H groups in total. The Bertz CT molecular complexity index is 1580. The third kappa shape index (κ3) is 3.37. The first-order valence-corrected chi connectivity index (χ1v) is 11.2. The average Bonchev–Trinajstić information content (AvgIpc) is 3.28. The third-order valence-corrected chi connectivity index (χ3v) is 6.28. The molecule has 0 fully saturated rings. The quantitative estimate of drug-likeness (QED) is 0.278. The maximum absolute atomic E-state index is 5.39. The van der Waals surface area contributed by atoms with Crippen LogP contribution in [0.4, 0.5) is 0 Å². The number of hydrogen-bond donors (Lipinski definition) is 0. The number of ether oxygens (including phenoxy) is 1. The van der Waals surface area contributed by atoms with E-state index in [1.165, 1.54) is 38.5 Å². The first-order chi connectivity index (χ1) is 16.3. The van der Waals surface area contributed by atoms with E-state index < -0.39 is 0 Å². The number of fused-ring (bicyclic) bond motifs is 2. The molecule has 0 spiro atoms. The van der Waals surface area contributed by atoms with Crippen LogP contribution < -0.4 is 4.74 Å². The SMILES string of the molecule is COc1ccc(-[13c]2cc3ccccc3n2-c2cc(-c3ccccc3)cc3ccccc23)cc1. The highest BCUT2D eigenvalue weighted by Crippen LogP contribution is 2.37. The smallest absolute Gasteiger partial charge is 0.118 e. The minimum Gasteiger partial charge on any atom is -0.497 e. The summed E-state index contributed by atoms with van der Waals surface area (Å²) in [5, 5.41) is 3.68. The summed E-state index contributed by atoms with van der Waals surface area (Å²) in [5.74, 6) is 0.859. The van der Waals surface area contributed by atoms with E-state index >= 15 is 0 Å². The van der Waals surface area contributed by atoms with Crippen molar-refractivity contribution in [1.82, 2.24) is 4.57 Å². The van der Waals surface area contributed by atoms with Gasteiger partial charge in [-0.2, -0.15) is 0 Å². The lowest BCUT2D eigenvalue weighted by molar-refractivity contribution is 0.415. The lowest BCUT2D eigenvalue weighted by Gasteiger charge is -2.16. The van der Waals surface area contributed by atoms with Gasteiger partial charge >= 0.3 is 0 Å². The average molecular weight is 427 g/mol. The molecule has 0 aliphatic carbocycles. The zero-order valence-electron chi connectivity index (χ0n) is 18.4. The molecule has 0 radical (unpaired) electrons. The molecule has 2 nitrogen and oxygen atoms in total. The van der Waals surface area contributed by atoms with Crippen molar-refractivity contribution in [2.24, 2.45) is 0 Å². The van der Waals surface area contributed by atoms with Crippen molar-refractivity contribution in [3.8, 4) is 33.8 Å². The Morgan fingerprint density at radius 2 is 1.24 bits per heavy atom. The molecule has 0 unspecified atom stereocenters. The van der Waals surface area contributed by atoms with Gasteiger partial charge in [-0.15, -0.1) is 0 Å². The lowest BCUT2D eigenvalue weighted by atomic mass is 9.99.